The summed E-state index contributed by atoms with van der Waals surface area (Å²) >= 11 is 0. The Hall–Kier alpha value is -4.32. The molecule has 0 amide bonds. The summed E-state index contributed by atoms with van der Waals surface area (Å²) in [6.07, 6.45) is 0. The molecule has 6 nitrogen and oxygen atoms in total. The van der Waals surface area contributed by atoms with Gasteiger partial charge < -0.3 is 15.0 Å². The third-order valence-electron chi connectivity index (χ3n) is 8.07. The summed E-state index contributed by atoms with van der Waals surface area (Å²) in [5.41, 5.74) is 8.90. The summed E-state index contributed by atoms with van der Waals surface area (Å²) < 4.78 is 6.46. The molecule has 178 valence electrons. The summed E-state index contributed by atoms with van der Waals surface area (Å²) in [6, 6.07) is 23.7. The molecular weight excluding hydrogens is 450 g/mol. The molecule has 36 heavy (non-hydrogen) atoms. The van der Waals surface area contributed by atoms with E-state index in [-0.39, 0.29) is 21.4 Å². The number of hydrogen-bond donors (Lipinski definition) is 1. The minimum atomic E-state index is -0.345. The number of para-hydroxylation sites is 4. The summed E-state index contributed by atoms with van der Waals surface area (Å²) in [5.74, 6) is 1.73. The minimum absolute atomic E-state index is 0.0561. The van der Waals surface area contributed by atoms with Crippen molar-refractivity contribution in [1.29, 1.82) is 0 Å². The molecule has 0 saturated heterocycles. The van der Waals surface area contributed by atoms with Crippen LogP contribution in [0.25, 0.3) is 0 Å². The fourth-order valence-electron chi connectivity index (χ4n) is 6.22. The number of nitro benzene ring substituents is 1. The third-order valence-corrected chi connectivity index (χ3v) is 8.07. The van der Waals surface area contributed by atoms with Crippen molar-refractivity contribution in [3.8, 4) is 11.5 Å². The Morgan fingerprint density at radius 3 is 1.86 bits per heavy atom. The molecule has 3 aliphatic rings. The van der Waals surface area contributed by atoms with E-state index in [1.807, 2.05) is 18.2 Å². The van der Waals surface area contributed by atoms with Gasteiger partial charge in [-0.05, 0) is 52.6 Å². The van der Waals surface area contributed by atoms with Crippen molar-refractivity contribution in [3.63, 3.8) is 0 Å². The second-order valence-corrected chi connectivity index (χ2v) is 10.8. The summed E-state index contributed by atoms with van der Waals surface area (Å²) in [5, 5.41) is 15.1. The van der Waals surface area contributed by atoms with Crippen LogP contribution < -0.4 is 15.0 Å². The van der Waals surface area contributed by atoms with Gasteiger partial charge in [0.2, 0.25) is 0 Å². The topological polar surface area (TPSA) is 67.6 Å². The van der Waals surface area contributed by atoms with Gasteiger partial charge in [0, 0.05) is 22.6 Å². The lowest BCUT2D eigenvalue weighted by atomic mass is 9.66. The lowest BCUT2D eigenvalue weighted by molar-refractivity contribution is -0.383. The number of hydrogen-bond acceptors (Lipinski definition) is 5. The maximum absolute atomic E-state index is 11.7. The van der Waals surface area contributed by atoms with Gasteiger partial charge in [-0.1, -0.05) is 64.1 Å². The molecule has 0 fully saturated rings. The van der Waals surface area contributed by atoms with Crippen LogP contribution in [-0.4, -0.2) is 4.92 Å². The molecule has 0 spiro atoms. The molecule has 6 heteroatoms. The first-order valence-electron chi connectivity index (χ1n) is 12.1. The molecule has 4 aromatic rings. The molecule has 1 N–H and O–H groups in total. The molecule has 0 saturated carbocycles. The van der Waals surface area contributed by atoms with E-state index in [1.54, 1.807) is 12.1 Å². The number of anilines is 5. The molecule has 3 aliphatic heterocycles. The van der Waals surface area contributed by atoms with Gasteiger partial charge in [-0.25, -0.2) is 0 Å². The van der Waals surface area contributed by atoms with E-state index in [4.69, 9.17) is 4.74 Å². The largest absolute Gasteiger partial charge is 0.453 e. The molecular formula is C30H25N3O3. The van der Waals surface area contributed by atoms with E-state index in [0.717, 1.165) is 28.6 Å². The Balaban J connectivity index is 1.54. The SMILES string of the molecule is CC1(C)c2cccc3c2N2c4c(cccc4C(C)(C)c4cc(Nc5ccccc5[N+](=O)[O-])cc1c42)O3. The van der Waals surface area contributed by atoms with Crippen LogP contribution in [0.5, 0.6) is 11.5 Å². The van der Waals surface area contributed by atoms with Gasteiger partial charge in [0.15, 0.2) is 11.5 Å². The van der Waals surface area contributed by atoms with E-state index < -0.39 is 0 Å². The van der Waals surface area contributed by atoms with Gasteiger partial charge in [-0.2, -0.15) is 0 Å². The second kappa shape index (κ2) is 6.66. The zero-order chi connectivity index (χ0) is 25.0. The van der Waals surface area contributed by atoms with Crippen molar-refractivity contribution in [2.75, 3.05) is 10.2 Å². The molecule has 0 unspecified atom stereocenters. The fraction of sp³-hybridized carbons (Fsp3) is 0.200. The zero-order valence-corrected chi connectivity index (χ0v) is 20.5. The van der Waals surface area contributed by atoms with Gasteiger partial charge in [0.25, 0.3) is 5.69 Å². The van der Waals surface area contributed by atoms with Gasteiger partial charge in [-0.3, -0.25) is 10.1 Å². The number of benzene rings is 4. The van der Waals surface area contributed by atoms with Crippen LogP contribution in [-0.2, 0) is 10.8 Å². The Morgan fingerprint density at radius 1 is 0.750 bits per heavy atom. The molecule has 4 aromatic carbocycles. The van der Waals surface area contributed by atoms with E-state index in [1.165, 1.54) is 34.0 Å². The maximum Gasteiger partial charge on any atom is 0.292 e. The van der Waals surface area contributed by atoms with Gasteiger partial charge in [0.05, 0.1) is 22.0 Å². The van der Waals surface area contributed by atoms with Crippen molar-refractivity contribution in [2.45, 2.75) is 38.5 Å². The van der Waals surface area contributed by atoms with Crippen molar-refractivity contribution in [1.82, 2.24) is 0 Å². The Labute approximate surface area is 209 Å². The normalized spacial score (nSPS) is 16.6. The molecule has 3 heterocycles. The summed E-state index contributed by atoms with van der Waals surface area (Å²) in [6.45, 7) is 8.97. The number of nitrogens with zero attached hydrogens (tertiary/aromatic N) is 2. The Morgan fingerprint density at radius 2 is 1.31 bits per heavy atom. The first-order chi connectivity index (χ1) is 17.2. The summed E-state index contributed by atoms with van der Waals surface area (Å²) in [4.78, 5) is 13.7. The van der Waals surface area contributed by atoms with Crippen LogP contribution in [0.1, 0.15) is 49.9 Å². The molecule has 0 atom stereocenters. The highest BCUT2D eigenvalue weighted by Crippen LogP contribution is 2.66. The first kappa shape index (κ1) is 21.0. The highest BCUT2D eigenvalue weighted by Gasteiger charge is 2.49. The van der Waals surface area contributed by atoms with Gasteiger partial charge in [-0.15, -0.1) is 0 Å². The highest BCUT2D eigenvalue weighted by molar-refractivity contribution is 5.99. The standard InChI is InChI=1S/C30H25N3O3/c1-29(2)18-9-7-13-24-27(18)32-26-20(29)15-17(31-22-11-5-6-12-23(22)33(34)35)16-21(26)30(3,4)19-10-8-14-25(36-24)28(19)32/h5-16,31H,1-4H3. The third kappa shape index (κ3) is 2.51. The van der Waals surface area contributed by atoms with E-state index in [9.17, 15) is 10.1 Å². The lowest BCUT2D eigenvalue weighted by Crippen LogP contribution is -2.39. The number of ether oxygens (including phenoxy) is 1. The van der Waals surface area contributed by atoms with E-state index in [2.05, 4.69) is 74.3 Å². The number of rotatable bonds is 3. The second-order valence-electron chi connectivity index (χ2n) is 10.8. The first-order valence-corrected chi connectivity index (χ1v) is 12.1. The highest BCUT2D eigenvalue weighted by atomic mass is 16.6. The van der Waals surface area contributed by atoms with Crippen LogP contribution in [0.15, 0.2) is 72.8 Å². The zero-order valence-electron chi connectivity index (χ0n) is 20.5. The summed E-state index contributed by atoms with van der Waals surface area (Å²) in [7, 11) is 0. The molecule has 0 aliphatic carbocycles. The minimum Gasteiger partial charge on any atom is -0.453 e. The Bertz CT molecular complexity index is 1550. The van der Waals surface area contributed by atoms with Crippen molar-refractivity contribution in [2.24, 2.45) is 0 Å². The van der Waals surface area contributed by atoms with Crippen LogP contribution in [0.3, 0.4) is 0 Å². The average Bonchev–Trinajstić information content (AvgIpc) is 2.85. The maximum atomic E-state index is 11.7. The van der Waals surface area contributed by atoms with E-state index >= 15 is 0 Å². The predicted octanol–water partition coefficient (Wildman–Crippen LogP) is 8.19. The van der Waals surface area contributed by atoms with Crippen LogP contribution in [0, 0.1) is 10.1 Å². The fourth-order valence-corrected chi connectivity index (χ4v) is 6.22. The van der Waals surface area contributed by atoms with Gasteiger partial charge >= 0.3 is 0 Å². The predicted molar refractivity (Wildman–Crippen MR) is 142 cm³/mol. The number of nitro groups is 1. The Kier molecular flexibility index (Phi) is 3.89. The van der Waals surface area contributed by atoms with Crippen LogP contribution >= 0.6 is 0 Å². The van der Waals surface area contributed by atoms with E-state index in [0.29, 0.717) is 5.69 Å². The lowest BCUT2D eigenvalue weighted by Gasteiger charge is -2.51. The van der Waals surface area contributed by atoms with Crippen LogP contribution in [0.4, 0.5) is 34.1 Å². The average molecular weight is 476 g/mol. The molecule has 0 radical (unpaired) electrons. The molecule has 0 bridgehead atoms. The smallest absolute Gasteiger partial charge is 0.292 e. The van der Waals surface area contributed by atoms with Crippen molar-refractivity contribution < 1.29 is 9.66 Å². The van der Waals surface area contributed by atoms with Crippen molar-refractivity contribution >= 4 is 34.1 Å². The quantitative estimate of drug-likeness (QED) is 0.210. The molecule has 7 rings (SSSR count). The van der Waals surface area contributed by atoms with Gasteiger partial charge in [0.1, 0.15) is 5.69 Å². The monoisotopic (exact) mass is 475 g/mol. The van der Waals surface area contributed by atoms with Crippen molar-refractivity contribution in [3.05, 3.63) is 105 Å². The van der Waals surface area contributed by atoms with Crippen LogP contribution in [0.2, 0.25) is 0 Å². The number of nitrogens with one attached hydrogen (secondary N) is 1. The molecule has 0 aromatic heterocycles.